The summed E-state index contributed by atoms with van der Waals surface area (Å²) in [6.07, 6.45) is -0.118. The summed E-state index contributed by atoms with van der Waals surface area (Å²) in [5.41, 5.74) is 2.74. The SMILES string of the molecule is C/C(CC(=O)Nc1cccc([N+](=O)[O-])c1)=N\NC(=O)COc1ccc(Cl)cc1Cl. The number of carbonyl (C=O) groups is 2. The Morgan fingerprint density at radius 3 is 2.62 bits per heavy atom. The third-order valence-electron chi connectivity index (χ3n) is 3.38. The van der Waals surface area contributed by atoms with Crippen LogP contribution >= 0.6 is 23.2 Å². The smallest absolute Gasteiger partial charge is 0.277 e. The minimum atomic E-state index is -0.558. The highest BCUT2D eigenvalue weighted by Gasteiger charge is 2.10. The van der Waals surface area contributed by atoms with Gasteiger partial charge in [-0.2, -0.15) is 5.10 Å². The number of anilines is 1. The first-order valence-electron chi connectivity index (χ1n) is 8.19. The van der Waals surface area contributed by atoms with E-state index in [1.807, 2.05) is 0 Å². The van der Waals surface area contributed by atoms with Crippen molar-refractivity contribution < 1.29 is 19.2 Å². The lowest BCUT2D eigenvalue weighted by Gasteiger charge is -2.08. The molecule has 0 aromatic heterocycles. The van der Waals surface area contributed by atoms with Crippen LogP contribution in [0, 0.1) is 10.1 Å². The molecule has 0 aliphatic rings. The number of nitrogens with zero attached hydrogens (tertiary/aromatic N) is 2. The number of nitro benzene ring substituents is 1. The predicted octanol–water partition coefficient (Wildman–Crippen LogP) is 3.80. The largest absolute Gasteiger partial charge is 0.482 e. The zero-order chi connectivity index (χ0) is 21.4. The van der Waals surface area contributed by atoms with Crippen molar-refractivity contribution in [1.82, 2.24) is 5.43 Å². The lowest BCUT2D eigenvalue weighted by Crippen LogP contribution is -2.26. The Morgan fingerprint density at radius 2 is 1.93 bits per heavy atom. The summed E-state index contributed by atoms with van der Waals surface area (Å²) in [5, 5.41) is 17.8. The summed E-state index contributed by atoms with van der Waals surface area (Å²) in [4.78, 5) is 34.0. The Morgan fingerprint density at radius 1 is 1.17 bits per heavy atom. The molecule has 152 valence electrons. The minimum Gasteiger partial charge on any atom is -0.482 e. The first kappa shape index (κ1) is 22.1. The van der Waals surface area contributed by atoms with Crippen molar-refractivity contribution in [3.05, 3.63) is 62.6 Å². The first-order valence-corrected chi connectivity index (χ1v) is 8.94. The van der Waals surface area contributed by atoms with Crippen molar-refractivity contribution in [2.45, 2.75) is 13.3 Å². The number of nitrogens with one attached hydrogen (secondary N) is 2. The van der Waals surface area contributed by atoms with Crippen LogP contribution in [-0.2, 0) is 9.59 Å². The highest BCUT2D eigenvalue weighted by molar-refractivity contribution is 6.35. The van der Waals surface area contributed by atoms with Gasteiger partial charge in [0.25, 0.3) is 11.6 Å². The molecule has 11 heteroatoms. The first-order chi connectivity index (χ1) is 13.7. The van der Waals surface area contributed by atoms with Crippen molar-refractivity contribution in [3.8, 4) is 5.75 Å². The van der Waals surface area contributed by atoms with Crippen LogP contribution in [0.25, 0.3) is 0 Å². The molecular formula is C18H16Cl2N4O5. The van der Waals surface area contributed by atoms with E-state index in [9.17, 15) is 19.7 Å². The Kier molecular flexibility index (Phi) is 7.93. The normalized spacial score (nSPS) is 10.9. The maximum Gasteiger partial charge on any atom is 0.277 e. The van der Waals surface area contributed by atoms with Crippen molar-refractivity contribution in [3.63, 3.8) is 0 Å². The molecule has 0 bridgehead atoms. The third kappa shape index (κ3) is 7.40. The van der Waals surface area contributed by atoms with E-state index < -0.39 is 16.7 Å². The molecule has 2 amide bonds. The number of hydrogen-bond donors (Lipinski definition) is 2. The molecule has 0 aliphatic carbocycles. The second-order valence-corrected chi connectivity index (χ2v) is 6.62. The summed E-state index contributed by atoms with van der Waals surface area (Å²) in [6.45, 7) is 1.21. The molecular weight excluding hydrogens is 423 g/mol. The van der Waals surface area contributed by atoms with Gasteiger partial charge in [0.1, 0.15) is 5.75 Å². The second-order valence-electron chi connectivity index (χ2n) is 5.78. The third-order valence-corrected chi connectivity index (χ3v) is 3.91. The molecule has 0 saturated heterocycles. The van der Waals surface area contributed by atoms with E-state index >= 15 is 0 Å². The van der Waals surface area contributed by atoms with Gasteiger partial charge >= 0.3 is 0 Å². The molecule has 0 aliphatic heterocycles. The summed E-state index contributed by atoms with van der Waals surface area (Å²) in [6, 6.07) is 10.1. The van der Waals surface area contributed by atoms with Gasteiger partial charge in [0.15, 0.2) is 6.61 Å². The number of nitro groups is 1. The van der Waals surface area contributed by atoms with Crippen LogP contribution in [0.4, 0.5) is 11.4 Å². The van der Waals surface area contributed by atoms with Crippen LogP contribution in [0.15, 0.2) is 47.6 Å². The van der Waals surface area contributed by atoms with Crippen LogP contribution in [0.1, 0.15) is 13.3 Å². The van der Waals surface area contributed by atoms with Crippen LogP contribution < -0.4 is 15.5 Å². The van der Waals surface area contributed by atoms with Gasteiger partial charge in [-0.3, -0.25) is 19.7 Å². The average Bonchev–Trinajstić information content (AvgIpc) is 2.65. The van der Waals surface area contributed by atoms with Crippen molar-refractivity contribution in [2.75, 3.05) is 11.9 Å². The van der Waals surface area contributed by atoms with Gasteiger partial charge in [0.05, 0.1) is 16.4 Å². The fourth-order valence-corrected chi connectivity index (χ4v) is 2.56. The fourth-order valence-electron chi connectivity index (χ4n) is 2.10. The molecule has 0 heterocycles. The number of carbonyl (C=O) groups excluding carboxylic acids is 2. The molecule has 0 spiro atoms. The molecule has 0 saturated carbocycles. The van der Waals surface area contributed by atoms with E-state index in [1.165, 1.54) is 36.4 Å². The van der Waals surface area contributed by atoms with Crippen LogP contribution in [0.3, 0.4) is 0 Å². The zero-order valence-electron chi connectivity index (χ0n) is 15.1. The highest BCUT2D eigenvalue weighted by Crippen LogP contribution is 2.27. The molecule has 0 atom stereocenters. The Balaban J connectivity index is 1.81. The Bertz CT molecular complexity index is 965. The second kappa shape index (κ2) is 10.4. The van der Waals surface area contributed by atoms with Gasteiger partial charge in [-0.15, -0.1) is 0 Å². The molecule has 0 unspecified atom stereocenters. The number of benzene rings is 2. The molecule has 0 radical (unpaired) electrons. The molecule has 9 nitrogen and oxygen atoms in total. The molecule has 2 aromatic rings. The number of non-ortho nitro benzene ring substituents is 1. The number of amides is 2. The Hall–Kier alpha value is -3.17. The van der Waals surface area contributed by atoms with Gasteiger partial charge in [0.2, 0.25) is 5.91 Å². The molecule has 2 N–H and O–H groups in total. The lowest BCUT2D eigenvalue weighted by molar-refractivity contribution is -0.384. The van der Waals surface area contributed by atoms with Gasteiger partial charge in [0, 0.05) is 28.6 Å². The van der Waals surface area contributed by atoms with E-state index in [4.69, 9.17) is 27.9 Å². The van der Waals surface area contributed by atoms with Gasteiger partial charge in [-0.05, 0) is 31.2 Å². The predicted molar refractivity (Wildman–Crippen MR) is 110 cm³/mol. The molecule has 0 fully saturated rings. The lowest BCUT2D eigenvalue weighted by atomic mass is 10.2. The number of hydrazone groups is 1. The van der Waals surface area contributed by atoms with Gasteiger partial charge in [-0.25, -0.2) is 5.43 Å². The van der Waals surface area contributed by atoms with E-state index in [2.05, 4.69) is 15.8 Å². The minimum absolute atomic E-state index is 0.118. The Labute approximate surface area is 175 Å². The molecule has 29 heavy (non-hydrogen) atoms. The quantitative estimate of drug-likeness (QED) is 0.368. The van der Waals surface area contributed by atoms with E-state index in [0.717, 1.165) is 0 Å². The summed E-state index contributed by atoms with van der Waals surface area (Å²) in [7, 11) is 0. The summed E-state index contributed by atoms with van der Waals surface area (Å²) in [5.74, 6) is -0.692. The van der Waals surface area contributed by atoms with Crippen LogP contribution in [0.5, 0.6) is 5.75 Å². The number of ether oxygens (including phenoxy) is 1. The number of rotatable bonds is 8. The van der Waals surface area contributed by atoms with Gasteiger partial charge in [-0.1, -0.05) is 29.3 Å². The monoisotopic (exact) mass is 438 g/mol. The number of hydrogen-bond acceptors (Lipinski definition) is 6. The van der Waals surface area contributed by atoms with E-state index in [-0.39, 0.29) is 29.4 Å². The molecule has 2 rings (SSSR count). The highest BCUT2D eigenvalue weighted by atomic mass is 35.5. The van der Waals surface area contributed by atoms with E-state index in [0.29, 0.717) is 16.5 Å². The van der Waals surface area contributed by atoms with Crippen molar-refractivity contribution in [2.24, 2.45) is 5.10 Å². The molecule has 2 aromatic carbocycles. The average molecular weight is 439 g/mol. The maximum absolute atomic E-state index is 12.0. The van der Waals surface area contributed by atoms with Crippen molar-refractivity contribution >= 4 is 52.1 Å². The summed E-state index contributed by atoms with van der Waals surface area (Å²) >= 11 is 11.7. The topological polar surface area (TPSA) is 123 Å². The van der Waals surface area contributed by atoms with Crippen LogP contribution in [-0.4, -0.2) is 29.1 Å². The fraction of sp³-hybridized carbons (Fsp3) is 0.167. The maximum atomic E-state index is 12.0. The van der Waals surface area contributed by atoms with Gasteiger partial charge < -0.3 is 10.1 Å². The number of halogens is 2. The standard InChI is InChI=1S/C18H16Cl2N4O5/c1-11(7-17(25)21-13-3-2-4-14(9-13)24(27)28)22-23-18(26)10-29-16-6-5-12(19)8-15(16)20/h2-6,8-9H,7,10H2,1H3,(H,21,25)(H,23,26)/b22-11+. The summed E-state index contributed by atoms with van der Waals surface area (Å²) < 4.78 is 5.27. The zero-order valence-corrected chi connectivity index (χ0v) is 16.7. The van der Waals surface area contributed by atoms with E-state index in [1.54, 1.807) is 13.0 Å². The van der Waals surface area contributed by atoms with Crippen LogP contribution in [0.2, 0.25) is 10.0 Å². The van der Waals surface area contributed by atoms with Crippen molar-refractivity contribution in [1.29, 1.82) is 0 Å².